The molecular weight excluding hydrogens is 251 g/mol. The van der Waals surface area contributed by atoms with E-state index in [1.807, 2.05) is 6.07 Å². The lowest BCUT2D eigenvalue weighted by atomic mass is 10.3. The van der Waals surface area contributed by atoms with Gasteiger partial charge in [-0.15, -0.1) is 0 Å². The Labute approximate surface area is 98.2 Å². The monoisotopic (exact) mass is 266 g/mol. The number of hydrogen-bond donors (Lipinski definition) is 5. The molecule has 9 heteroatoms. The first-order valence-electron chi connectivity index (χ1n) is 4.29. The smallest absolute Gasteiger partial charge is 0.466 e. The molecule has 1 rings (SSSR count). The third-order valence-electron chi connectivity index (χ3n) is 1.56. The molecule has 1 aromatic carbocycles. The minimum atomic E-state index is -4.64. The van der Waals surface area contributed by atoms with Crippen LogP contribution in [0.15, 0.2) is 18.2 Å². The average Bonchev–Trinajstić information content (AvgIpc) is 2.25. The van der Waals surface area contributed by atoms with E-state index >= 15 is 0 Å². The lowest BCUT2D eigenvalue weighted by Gasteiger charge is -2.10. The molecule has 0 atom stereocenters. The maximum atomic E-state index is 8.88. The summed E-state index contributed by atoms with van der Waals surface area (Å²) in [5.41, 5.74) is 3.22. The summed E-state index contributed by atoms with van der Waals surface area (Å²) in [6.45, 7) is 0. The predicted molar refractivity (Wildman–Crippen MR) is 61.6 cm³/mol. The summed E-state index contributed by atoms with van der Waals surface area (Å²) < 4.78 is 19.0. The van der Waals surface area contributed by atoms with Gasteiger partial charge in [-0.05, 0) is 12.1 Å². The van der Waals surface area contributed by atoms with Crippen LogP contribution in [0.1, 0.15) is 0 Å². The summed E-state index contributed by atoms with van der Waals surface area (Å²) in [5.74, 6) is 6.54. The second kappa shape index (κ2) is 7.10. The van der Waals surface area contributed by atoms with Gasteiger partial charge in [0.2, 0.25) is 0 Å². The maximum Gasteiger partial charge on any atom is 0.466 e. The van der Waals surface area contributed by atoms with Gasteiger partial charge in [-0.25, -0.2) is 4.57 Å². The first kappa shape index (κ1) is 15.7. The molecule has 0 unspecified atom stereocenters. The lowest BCUT2D eigenvalue weighted by Crippen LogP contribution is -2.08. The molecule has 6 N–H and O–H groups in total. The third-order valence-corrected chi connectivity index (χ3v) is 1.56. The first-order chi connectivity index (χ1) is 7.83. The number of para-hydroxylation sites is 1. The number of anilines is 1. The summed E-state index contributed by atoms with van der Waals surface area (Å²) >= 11 is 0. The van der Waals surface area contributed by atoms with Crippen molar-refractivity contribution in [2.75, 3.05) is 19.6 Å². The molecule has 0 amide bonds. The Morgan fingerprint density at radius 1 is 1.24 bits per heavy atom. The van der Waals surface area contributed by atoms with E-state index < -0.39 is 7.82 Å². The van der Waals surface area contributed by atoms with E-state index in [1.54, 1.807) is 26.4 Å². The van der Waals surface area contributed by atoms with Crippen LogP contribution in [0.2, 0.25) is 0 Å². The van der Waals surface area contributed by atoms with Gasteiger partial charge in [-0.2, -0.15) is 0 Å². The number of ether oxygens (including phenoxy) is 2. The zero-order valence-electron chi connectivity index (χ0n) is 9.32. The minimum absolute atomic E-state index is 0.613. The zero-order valence-corrected chi connectivity index (χ0v) is 10.2. The molecule has 0 radical (unpaired) electrons. The Morgan fingerprint density at radius 3 is 2.12 bits per heavy atom. The molecule has 8 nitrogen and oxygen atoms in total. The molecule has 0 heterocycles. The highest BCUT2D eigenvalue weighted by Gasteiger charge is 2.06. The number of methoxy groups -OCH3 is 2. The van der Waals surface area contributed by atoms with Gasteiger partial charge in [0.25, 0.3) is 0 Å². The Hall–Kier alpha value is -1.31. The number of phosphoric acid groups is 1. The fourth-order valence-electron chi connectivity index (χ4n) is 1.00. The number of nitrogens with one attached hydrogen (secondary N) is 1. The molecule has 1 aromatic rings. The van der Waals surface area contributed by atoms with Crippen LogP contribution in [0.25, 0.3) is 0 Å². The van der Waals surface area contributed by atoms with Crippen molar-refractivity contribution in [3.8, 4) is 11.5 Å². The number of hydrogen-bond acceptors (Lipinski definition) is 5. The van der Waals surface area contributed by atoms with Gasteiger partial charge in [0.15, 0.2) is 11.5 Å². The third kappa shape index (κ3) is 6.77. The molecule has 0 aliphatic carbocycles. The van der Waals surface area contributed by atoms with E-state index in [0.717, 1.165) is 0 Å². The Kier molecular flexibility index (Phi) is 6.55. The maximum absolute atomic E-state index is 8.88. The van der Waals surface area contributed by atoms with Crippen LogP contribution in [-0.4, -0.2) is 28.9 Å². The van der Waals surface area contributed by atoms with Crippen molar-refractivity contribution in [3.63, 3.8) is 0 Å². The Morgan fingerprint density at radius 2 is 1.76 bits per heavy atom. The lowest BCUT2D eigenvalue weighted by molar-refractivity contribution is 0.275. The van der Waals surface area contributed by atoms with E-state index in [4.69, 9.17) is 34.6 Å². The van der Waals surface area contributed by atoms with Crippen LogP contribution in [-0.2, 0) is 4.57 Å². The van der Waals surface area contributed by atoms with Crippen LogP contribution in [0.4, 0.5) is 5.69 Å². The number of benzene rings is 1. The minimum Gasteiger partial charge on any atom is -0.493 e. The van der Waals surface area contributed by atoms with E-state index in [-0.39, 0.29) is 0 Å². The van der Waals surface area contributed by atoms with E-state index in [1.165, 1.54) is 0 Å². The van der Waals surface area contributed by atoms with Crippen LogP contribution < -0.4 is 20.7 Å². The number of nitrogens with two attached hydrogens (primary N) is 1. The van der Waals surface area contributed by atoms with E-state index in [0.29, 0.717) is 17.2 Å². The SMILES string of the molecule is COc1cccc(NN)c1OC.O=P(O)(O)O. The van der Waals surface area contributed by atoms with Gasteiger partial charge >= 0.3 is 7.82 Å². The molecule has 0 aliphatic rings. The molecule has 98 valence electrons. The van der Waals surface area contributed by atoms with Crippen LogP contribution in [0.5, 0.6) is 11.5 Å². The van der Waals surface area contributed by atoms with E-state index in [2.05, 4.69) is 5.43 Å². The summed E-state index contributed by atoms with van der Waals surface area (Å²) in [4.78, 5) is 21.6. The summed E-state index contributed by atoms with van der Waals surface area (Å²) in [5, 5.41) is 0. The number of rotatable bonds is 3. The quantitative estimate of drug-likeness (QED) is 0.294. The van der Waals surface area contributed by atoms with Crippen molar-refractivity contribution < 1.29 is 28.7 Å². The summed E-state index contributed by atoms with van der Waals surface area (Å²) in [7, 11) is -1.49. The summed E-state index contributed by atoms with van der Waals surface area (Å²) in [6.07, 6.45) is 0. The highest BCUT2D eigenvalue weighted by molar-refractivity contribution is 7.45. The van der Waals surface area contributed by atoms with Crippen molar-refractivity contribution in [1.29, 1.82) is 0 Å². The van der Waals surface area contributed by atoms with Gasteiger partial charge in [0.05, 0.1) is 19.9 Å². The molecule has 0 fully saturated rings. The topological polar surface area (TPSA) is 134 Å². The molecule has 17 heavy (non-hydrogen) atoms. The molecule has 0 spiro atoms. The number of hydrazine groups is 1. The van der Waals surface area contributed by atoms with Crippen molar-refractivity contribution in [2.24, 2.45) is 5.84 Å². The fourth-order valence-corrected chi connectivity index (χ4v) is 1.00. The van der Waals surface area contributed by atoms with Crippen molar-refractivity contribution in [2.45, 2.75) is 0 Å². The predicted octanol–water partition coefficient (Wildman–Crippen LogP) is 0.0608. The van der Waals surface area contributed by atoms with E-state index in [9.17, 15) is 0 Å². The largest absolute Gasteiger partial charge is 0.493 e. The second-order valence-corrected chi connectivity index (χ2v) is 3.73. The van der Waals surface area contributed by atoms with Crippen molar-refractivity contribution in [3.05, 3.63) is 18.2 Å². The van der Waals surface area contributed by atoms with Gasteiger partial charge < -0.3 is 29.6 Å². The van der Waals surface area contributed by atoms with Gasteiger partial charge in [0, 0.05) is 0 Å². The average molecular weight is 266 g/mol. The zero-order chi connectivity index (χ0) is 13.5. The van der Waals surface area contributed by atoms with Crippen LogP contribution in [0.3, 0.4) is 0 Å². The first-order valence-corrected chi connectivity index (χ1v) is 5.86. The standard InChI is InChI=1S/C8H12N2O2.H3O4P/c1-11-7-5-3-4-6(10-9)8(7)12-2;1-5(2,3)4/h3-5,10H,9H2,1-2H3;(H3,1,2,3,4). The highest BCUT2D eigenvalue weighted by Crippen LogP contribution is 2.33. The van der Waals surface area contributed by atoms with Gasteiger partial charge in [-0.3, -0.25) is 5.84 Å². The molecule has 0 saturated carbocycles. The van der Waals surface area contributed by atoms with Crippen molar-refractivity contribution >= 4 is 13.5 Å². The Balaban J connectivity index is 0.000000437. The second-order valence-electron chi connectivity index (χ2n) is 2.70. The van der Waals surface area contributed by atoms with Crippen LogP contribution >= 0.6 is 7.82 Å². The molecule has 0 bridgehead atoms. The van der Waals surface area contributed by atoms with Gasteiger partial charge in [-0.1, -0.05) is 6.07 Å². The fraction of sp³-hybridized carbons (Fsp3) is 0.250. The molecule has 0 saturated heterocycles. The summed E-state index contributed by atoms with van der Waals surface area (Å²) in [6, 6.07) is 5.44. The molecule has 0 aromatic heterocycles. The van der Waals surface area contributed by atoms with Crippen LogP contribution in [0, 0.1) is 0 Å². The molecular formula is C8H15N2O6P. The molecule has 0 aliphatic heterocycles. The van der Waals surface area contributed by atoms with Crippen molar-refractivity contribution in [1.82, 2.24) is 0 Å². The van der Waals surface area contributed by atoms with Gasteiger partial charge in [0.1, 0.15) is 0 Å². The number of nitrogen functional groups attached to an aromatic ring is 1. The normalized spacial score (nSPS) is 10.0. The Bertz CT molecular complexity index is 363. The highest BCUT2D eigenvalue weighted by atomic mass is 31.2.